The fraction of sp³-hybridized carbons (Fsp3) is 0.333. The number of fused-ring (bicyclic) bond motifs is 1. The van der Waals surface area contributed by atoms with E-state index in [1.54, 1.807) is 45.8 Å². The van der Waals surface area contributed by atoms with E-state index >= 15 is 0 Å². The SMILES string of the molecule is Cn1nccc1C1CCCCN1S(=O)(=O)c1cccc2cnccc12. The molecule has 0 N–H and O–H groups in total. The highest BCUT2D eigenvalue weighted by Crippen LogP contribution is 2.36. The van der Waals surface area contributed by atoms with Gasteiger partial charge >= 0.3 is 0 Å². The molecule has 3 heterocycles. The third-order valence-corrected chi connectivity index (χ3v) is 6.85. The number of aryl methyl sites for hydroxylation is 1. The van der Waals surface area contributed by atoms with Gasteiger partial charge in [0, 0.05) is 43.0 Å². The lowest BCUT2D eigenvalue weighted by Crippen LogP contribution is -2.39. The lowest BCUT2D eigenvalue weighted by Gasteiger charge is -2.34. The number of sulfonamides is 1. The predicted molar refractivity (Wildman–Crippen MR) is 95.4 cm³/mol. The zero-order chi connectivity index (χ0) is 17.4. The van der Waals surface area contributed by atoms with Crippen LogP contribution in [0.1, 0.15) is 31.0 Å². The largest absolute Gasteiger partial charge is 0.271 e. The molecule has 1 atom stereocenters. The molecule has 4 rings (SSSR count). The topological polar surface area (TPSA) is 68.1 Å². The minimum atomic E-state index is -3.62. The van der Waals surface area contributed by atoms with Crippen LogP contribution in [0.15, 0.2) is 53.8 Å². The summed E-state index contributed by atoms with van der Waals surface area (Å²) < 4.78 is 30.4. The third kappa shape index (κ3) is 2.73. The van der Waals surface area contributed by atoms with Gasteiger partial charge in [0.05, 0.1) is 16.6 Å². The summed E-state index contributed by atoms with van der Waals surface area (Å²) >= 11 is 0. The van der Waals surface area contributed by atoms with Crippen molar-refractivity contribution in [3.8, 4) is 0 Å². The van der Waals surface area contributed by atoms with Crippen molar-refractivity contribution in [2.24, 2.45) is 7.05 Å². The molecule has 1 aromatic carbocycles. The van der Waals surface area contributed by atoms with E-state index in [-0.39, 0.29) is 6.04 Å². The van der Waals surface area contributed by atoms with Crippen LogP contribution in [0.25, 0.3) is 10.8 Å². The maximum absolute atomic E-state index is 13.5. The van der Waals surface area contributed by atoms with Crippen molar-refractivity contribution in [1.29, 1.82) is 0 Å². The van der Waals surface area contributed by atoms with Crippen molar-refractivity contribution < 1.29 is 8.42 Å². The summed E-state index contributed by atoms with van der Waals surface area (Å²) in [5, 5.41) is 5.76. The number of benzene rings is 1. The summed E-state index contributed by atoms with van der Waals surface area (Å²) in [6.07, 6.45) is 7.75. The average molecular weight is 356 g/mol. The van der Waals surface area contributed by atoms with Crippen molar-refractivity contribution in [2.45, 2.75) is 30.2 Å². The second-order valence-electron chi connectivity index (χ2n) is 6.36. The summed E-state index contributed by atoms with van der Waals surface area (Å²) in [6.45, 7) is 0.527. The Hall–Kier alpha value is -2.25. The lowest BCUT2D eigenvalue weighted by atomic mass is 10.0. The molecule has 1 fully saturated rings. The van der Waals surface area contributed by atoms with Crippen molar-refractivity contribution in [2.75, 3.05) is 6.54 Å². The first-order chi connectivity index (χ1) is 12.1. The molecular weight excluding hydrogens is 336 g/mol. The molecule has 1 saturated heterocycles. The molecule has 1 unspecified atom stereocenters. The zero-order valence-electron chi connectivity index (χ0n) is 14.0. The highest BCUT2D eigenvalue weighted by atomic mass is 32.2. The summed E-state index contributed by atoms with van der Waals surface area (Å²) in [5.74, 6) is 0. The van der Waals surface area contributed by atoms with E-state index in [2.05, 4.69) is 10.1 Å². The molecular formula is C18H20N4O2S. The second kappa shape index (κ2) is 6.24. The van der Waals surface area contributed by atoms with Gasteiger partial charge < -0.3 is 0 Å². The predicted octanol–water partition coefficient (Wildman–Crippen LogP) is 2.88. The molecule has 3 aromatic rings. The number of hydrogen-bond acceptors (Lipinski definition) is 4. The van der Waals surface area contributed by atoms with Crippen LogP contribution in [-0.4, -0.2) is 34.0 Å². The van der Waals surface area contributed by atoms with Crippen LogP contribution < -0.4 is 0 Å². The van der Waals surface area contributed by atoms with Gasteiger partial charge in [-0.1, -0.05) is 18.6 Å². The quantitative estimate of drug-likeness (QED) is 0.724. The monoisotopic (exact) mass is 356 g/mol. The number of piperidine rings is 1. The number of nitrogens with zero attached hydrogens (tertiary/aromatic N) is 4. The molecule has 0 aliphatic carbocycles. The highest BCUT2D eigenvalue weighted by molar-refractivity contribution is 7.89. The molecule has 0 bridgehead atoms. The van der Waals surface area contributed by atoms with Gasteiger partial charge in [0.25, 0.3) is 0 Å². The lowest BCUT2D eigenvalue weighted by molar-refractivity contribution is 0.246. The van der Waals surface area contributed by atoms with E-state index in [0.717, 1.165) is 30.3 Å². The van der Waals surface area contributed by atoms with Gasteiger partial charge in [0.2, 0.25) is 10.0 Å². The Bertz CT molecular complexity index is 1010. The minimum Gasteiger partial charge on any atom is -0.271 e. The number of pyridine rings is 1. The number of hydrogen-bond donors (Lipinski definition) is 0. The smallest absolute Gasteiger partial charge is 0.244 e. The van der Waals surface area contributed by atoms with E-state index in [0.29, 0.717) is 16.8 Å². The third-order valence-electron chi connectivity index (χ3n) is 4.88. The summed E-state index contributed by atoms with van der Waals surface area (Å²) in [6, 6.07) is 8.85. The maximum atomic E-state index is 13.5. The van der Waals surface area contributed by atoms with E-state index in [1.807, 2.05) is 19.2 Å². The van der Waals surface area contributed by atoms with Crippen LogP contribution in [0.3, 0.4) is 0 Å². The summed E-state index contributed by atoms with van der Waals surface area (Å²) in [7, 11) is -1.76. The number of aromatic nitrogens is 3. The molecule has 2 aromatic heterocycles. The van der Waals surface area contributed by atoms with E-state index < -0.39 is 10.0 Å². The molecule has 0 spiro atoms. The standard InChI is InChI=1S/C18H20N4O2S/c1-21-16(9-11-20-21)17-6-2-3-12-22(17)25(23,24)18-7-4-5-14-13-19-10-8-15(14)18/h4-5,7-11,13,17H,2-3,6,12H2,1H3. The molecule has 1 aliphatic rings. The Balaban J connectivity index is 1.84. The first kappa shape index (κ1) is 16.2. The molecule has 7 heteroatoms. The van der Waals surface area contributed by atoms with Crippen LogP contribution in [0.4, 0.5) is 0 Å². The molecule has 6 nitrogen and oxygen atoms in total. The van der Waals surface area contributed by atoms with Gasteiger partial charge in [0.1, 0.15) is 0 Å². The zero-order valence-corrected chi connectivity index (χ0v) is 14.9. The Kier molecular flexibility index (Phi) is 4.05. The van der Waals surface area contributed by atoms with Crippen molar-refractivity contribution in [3.05, 3.63) is 54.6 Å². The van der Waals surface area contributed by atoms with Crippen LogP contribution in [-0.2, 0) is 17.1 Å². The van der Waals surface area contributed by atoms with E-state index in [1.165, 1.54) is 0 Å². The van der Waals surface area contributed by atoms with E-state index in [4.69, 9.17) is 0 Å². The summed E-state index contributed by atoms with van der Waals surface area (Å²) in [4.78, 5) is 4.44. The molecule has 0 radical (unpaired) electrons. The van der Waals surface area contributed by atoms with Gasteiger partial charge in [-0.05, 0) is 31.0 Å². The van der Waals surface area contributed by atoms with Crippen molar-refractivity contribution in [3.63, 3.8) is 0 Å². The van der Waals surface area contributed by atoms with Crippen molar-refractivity contribution in [1.82, 2.24) is 19.1 Å². The van der Waals surface area contributed by atoms with Crippen LogP contribution in [0.5, 0.6) is 0 Å². The highest BCUT2D eigenvalue weighted by Gasteiger charge is 2.36. The Morgan fingerprint density at radius 3 is 2.80 bits per heavy atom. The molecule has 25 heavy (non-hydrogen) atoms. The Labute approximate surface area is 147 Å². The minimum absolute atomic E-state index is 0.177. The van der Waals surface area contributed by atoms with Crippen LogP contribution in [0, 0.1) is 0 Å². The van der Waals surface area contributed by atoms with Gasteiger partial charge in [-0.3, -0.25) is 9.67 Å². The van der Waals surface area contributed by atoms with Gasteiger partial charge in [-0.15, -0.1) is 0 Å². The van der Waals surface area contributed by atoms with E-state index in [9.17, 15) is 8.42 Å². The first-order valence-corrected chi connectivity index (χ1v) is 9.85. The Morgan fingerprint density at radius 2 is 2.00 bits per heavy atom. The molecule has 0 saturated carbocycles. The first-order valence-electron chi connectivity index (χ1n) is 8.41. The Morgan fingerprint density at radius 1 is 1.12 bits per heavy atom. The molecule has 1 aliphatic heterocycles. The maximum Gasteiger partial charge on any atom is 0.244 e. The average Bonchev–Trinajstić information content (AvgIpc) is 3.07. The van der Waals surface area contributed by atoms with Gasteiger partial charge in [0.15, 0.2) is 0 Å². The number of rotatable bonds is 3. The molecule has 130 valence electrons. The normalized spacial score (nSPS) is 19.3. The fourth-order valence-electron chi connectivity index (χ4n) is 3.64. The summed E-state index contributed by atoms with van der Waals surface area (Å²) in [5.41, 5.74) is 0.935. The van der Waals surface area contributed by atoms with Gasteiger partial charge in [-0.25, -0.2) is 8.42 Å². The van der Waals surface area contributed by atoms with Gasteiger partial charge in [-0.2, -0.15) is 9.40 Å². The van der Waals surface area contributed by atoms with Crippen molar-refractivity contribution >= 4 is 20.8 Å². The molecule has 0 amide bonds. The van der Waals surface area contributed by atoms with Crippen LogP contribution >= 0.6 is 0 Å². The second-order valence-corrected chi connectivity index (χ2v) is 8.22. The van der Waals surface area contributed by atoms with Crippen LogP contribution in [0.2, 0.25) is 0 Å². The fourth-order valence-corrected chi connectivity index (χ4v) is 5.53.